The van der Waals surface area contributed by atoms with Crippen LogP contribution in [0.3, 0.4) is 0 Å². The fourth-order valence-electron chi connectivity index (χ4n) is 2.03. The molecule has 1 aromatic carbocycles. The molecule has 0 saturated carbocycles. The molecule has 0 spiro atoms. The van der Waals surface area contributed by atoms with E-state index in [0.29, 0.717) is 11.8 Å². The first-order valence-electron chi connectivity index (χ1n) is 6.35. The summed E-state index contributed by atoms with van der Waals surface area (Å²) in [6.45, 7) is 4.31. The molecule has 0 saturated heterocycles. The van der Waals surface area contributed by atoms with Crippen molar-refractivity contribution in [3.63, 3.8) is 0 Å². The quantitative estimate of drug-likeness (QED) is 0.832. The summed E-state index contributed by atoms with van der Waals surface area (Å²) in [5.74, 6) is 1.95. The van der Waals surface area contributed by atoms with Crippen molar-refractivity contribution >= 4 is 0 Å². The van der Waals surface area contributed by atoms with Crippen molar-refractivity contribution in [1.82, 2.24) is 4.98 Å². The van der Waals surface area contributed by atoms with Gasteiger partial charge in [0.25, 0.3) is 0 Å². The van der Waals surface area contributed by atoms with E-state index in [1.54, 1.807) is 14.2 Å². The van der Waals surface area contributed by atoms with Gasteiger partial charge in [-0.25, -0.2) is 4.98 Å². The number of rotatable bonds is 4. The molecule has 0 radical (unpaired) electrons. The number of pyridine rings is 1. The third-order valence-electron chi connectivity index (χ3n) is 3.08. The van der Waals surface area contributed by atoms with Crippen LogP contribution in [0, 0.1) is 0 Å². The molecule has 19 heavy (non-hydrogen) atoms. The first kappa shape index (κ1) is 13.4. The average molecular weight is 257 g/mol. The van der Waals surface area contributed by atoms with Crippen LogP contribution in [0.2, 0.25) is 0 Å². The highest BCUT2D eigenvalue weighted by Gasteiger charge is 2.10. The van der Waals surface area contributed by atoms with Crippen molar-refractivity contribution in [2.75, 3.05) is 14.2 Å². The lowest BCUT2D eigenvalue weighted by atomic mass is 9.98. The number of benzene rings is 1. The van der Waals surface area contributed by atoms with Crippen LogP contribution in [0.1, 0.15) is 25.3 Å². The third kappa shape index (κ3) is 2.87. The van der Waals surface area contributed by atoms with E-state index in [0.717, 1.165) is 17.0 Å². The maximum atomic E-state index is 5.40. The molecule has 0 aliphatic heterocycles. The lowest BCUT2D eigenvalue weighted by Gasteiger charge is -2.13. The fraction of sp³-hybridized carbons (Fsp3) is 0.312. The van der Waals surface area contributed by atoms with Gasteiger partial charge in [-0.1, -0.05) is 19.9 Å². The Morgan fingerprint density at radius 1 is 1.00 bits per heavy atom. The van der Waals surface area contributed by atoms with Crippen LogP contribution in [-0.4, -0.2) is 19.2 Å². The summed E-state index contributed by atoms with van der Waals surface area (Å²) in [6.07, 6.45) is 0. The normalized spacial score (nSPS) is 10.6. The second-order valence-electron chi connectivity index (χ2n) is 4.68. The zero-order chi connectivity index (χ0) is 13.8. The molecule has 0 aliphatic rings. The molecule has 3 heteroatoms. The van der Waals surface area contributed by atoms with Crippen molar-refractivity contribution < 1.29 is 9.47 Å². The second kappa shape index (κ2) is 5.74. The van der Waals surface area contributed by atoms with Crippen LogP contribution in [0.25, 0.3) is 11.3 Å². The average Bonchev–Trinajstić information content (AvgIpc) is 2.46. The van der Waals surface area contributed by atoms with E-state index in [-0.39, 0.29) is 0 Å². The summed E-state index contributed by atoms with van der Waals surface area (Å²) in [6, 6.07) is 11.9. The van der Waals surface area contributed by atoms with Gasteiger partial charge in [0.2, 0.25) is 5.88 Å². The minimum atomic E-state index is 0.403. The predicted octanol–water partition coefficient (Wildman–Crippen LogP) is 3.89. The van der Waals surface area contributed by atoms with Crippen LogP contribution in [-0.2, 0) is 0 Å². The SMILES string of the molecule is COc1cccc(-c2ccc(OC)c(C(C)C)c2)n1. The zero-order valence-corrected chi connectivity index (χ0v) is 11.8. The van der Waals surface area contributed by atoms with Gasteiger partial charge in [-0.05, 0) is 35.7 Å². The Labute approximate surface area is 114 Å². The monoisotopic (exact) mass is 257 g/mol. The van der Waals surface area contributed by atoms with Crippen LogP contribution in [0.5, 0.6) is 11.6 Å². The topological polar surface area (TPSA) is 31.4 Å². The van der Waals surface area contributed by atoms with Crippen LogP contribution < -0.4 is 9.47 Å². The molecule has 1 aromatic heterocycles. The molecule has 0 N–H and O–H groups in total. The first-order valence-corrected chi connectivity index (χ1v) is 6.35. The molecule has 0 atom stereocenters. The van der Waals surface area contributed by atoms with Gasteiger partial charge in [0, 0.05) is 11.6 Å². The van der Waals surface area contributed by atoms with Crippen molar-refractivity contribution in [1.29, 1.82) is 0 Å². The Balaban J connectivity index is 2.47. The standard InChI is InChI=1S/C16H19NO2/c1-11(2)13-10-12(8-9-15(13)18-3)14-6-5-7-16(17-14)19-4/h5-11H,1-4H3. The summed E-state index contributed by atoms with van der Waals surface area (Å²) in [7, 11) is 3.32. The van der Waals surface area contributed by atoms with E-state index in [9.17, 15) is 0 Å². The van der Waals surface area contributed by atoms with Crippen molar-refractivity contribution in [3.05, 3.63) is 42.0 Å². The highest BCUT2D eigenvalue weighted by atomic mass is 16.5. The summed E-state index contributed by atoms with van der Waals surface area (Å²) in [5, 5.41) is 0. The fourth-order valence-corrected chi connectivity index (χ4v) is 2.03. The molecule has 0 aliphatic carbocycles. The Morgan fingerprint density at radius 3 is 2.42 bits per heavy atom. The van der Waals surface area contributed by atoms with Gasteiger partial charge in [-0.2, -0.15) is 0 Å². The number of methoxy groups -OCH3 is 2. The van der Waals surface area contributed by atoms with Gasteiger partial charge in [-0.15, -0.1) is 0 Å². The number of aromatic nitrogens is 1. The Bertz CT molecular complexity index is 564. The molecule has 2 rings (SSSR count). The lowest BCUT2D eigenvalue weighted by Crippen LogP contribution is -1.96. The van der Waals surface area contributed by atoms with Gasteiger partial charge >= 0.3 is 0 Å². The van der Waals surface area contributed by atoms with Gasteiger partial charge in [-0.3, -0.25) is 0 Å². The van der Waals surface area contributed by atoms with Crippen LogP contribution in [0.4, 0.5) is 0 Å². The Kier molecular flexibility index (Phi) is 4.05. The lowest BCUT2D eigenvalue weighted by molar-refractivity contribution is 0.398. The summed E-state index contributed by atoms with van der Waals surface area (Å²) >= 11 is 0. The minimum absolute atomic E-state index is 0.403. The number of hydrogen-bond acceptors (Lipinski definition) is 3. The number of ether oxygens (including phenoxy) is 2. The zero-order valence-electron chi connectivity index (χ0n) is 11.8. The Hall–Kier alpha value is -2.03. The summed E-state index contributed by atoms with van der Waals surface area (Å²) < 4.78 is 10.6. The molecule has 1 heterocycles. The smallest absolute Gasteiger partial charge is 0.213 e. The Morgan fingerprint density at radius 2 is 1.79 bits per heavy atom. The van der Waals surface area contributed by atoms with E-state index < -0.39 is 0 Å². The van der Waals surface area contributed by atoms with E-state index in [2.05, 4.69) is 24.9 Å². The molecule has 2 aromatic rings. The van der Waals surface area contributed by atoms with Crippen molar-refractivity contribution in [3.8, 4) is 22.9 Å². The molecule has 0 bridgehead atoms. The van der Waals surface area contributed by atoms with Crippen molar-refractivity contribution in [2.24, 2.45) is 0 Å². The molecule has 0 amide bonds. The highest BCUT2D eigenvalue weighted by Crippen LogP contribution is 2.31. The molecular weight excluding hydrogens is 238 g/mol. The maximum Gasteiger partial charge on any atom is 0.213 e. The summed E-state index contributed by atoms with van der Waals surface area (Å²) in [5.41, 5.74) is 3.16. The van der Waals surface area contributed by atoms with E-state index in [1.165, 1.54) is 5.56 Å². The predicted molar refractivity (Wildman–Crippen MR) is 76.9 cm³/mol. The van der Waals surface area contributed by atoms with Gasteiger partial charge in [0.1, 0.15) is 5.75 Å². The first-order chi connectivity index (χ1) is 9.15. The van der Waals surface area contributed by atoms with Gasteiger partial charge in [0.15, 0.2) is 0 Å². The second-order valence-corrected chi connectivity index (χ2v) is 4.68. The maximum absolute atomic E-state index is 5.40. The molecule has 0 fully saturated rings. The number of nitrogens with zero attached hydrogens (tertiary/aromatic N) is 1. The summed E-state index contributed by atoms with van der Waals surface area (Å²) in [4.78, 5) is 4.45. The third-order valence-corrected chi connectivity index (χ3v) is 3.08. The minimum Gasteiger partial charge on any atom is -0.496 e. The van der Waals surface area contributed by atoms with Crippen molar-refractivity contribution in [2.45, 2.75) is 19.8 Å². The van der Waals surface area contributed by atoms with Gasteiger partial charge in [0.05, 0.1) is 19.9 Å². The number of hydrogen-bond donors (Lipinski definition) is 0. The molecule has 3 nitrogen and oxygen atoms in total. The van der Waals surface area contributed by atoms with Crippen LogP contribution >= 0.6 is 0 Å². The molecular formula is C16H19NO2. The largest absolute Gasteiger partial charge is 0.496 e. The highest BCUT2D eigenvalue weighted by molar-refractivity contribution is 5.63. The van der Waals surface area contributed by atoms with E-state index >= 15 is 0 Å². The molecule has 0 unspecified atom stereocenters. The van der Waals surface area contributed by atoms with E-state index in [4.69, 9.17) is 9.47 Å². The van der Waals surface area contributed by atoms with E-state index in [1.807, 2.05) is 30.3 Å². The van der Waals surface area contributed by atoms with Gasteiger partial charge < -0.3 is 9.47 Å². The molecule has 100 valence electrons. The van der Waals surface area contributed by atoms with Crippen LogP contribution in [0.15, 0.2) is 36.4 Å².